The predicted molar refractivity (Wildman–Crippen MR) is 155 cm³/mol. The number of hydrogen-bond acceptors (Lipinski definition) is 5. The minimum atomic E-state index is -0.640. The molecule has 38 heavy (non-hydrogen) atoms. The van der Waals surface area contributed by atoms with E-state index in [4.69, 9.17) is 0 Å². The number of aromatic nitrogens is 1. The quantitative estimate of drug-likeness (QED) is 0.219. The number of hydrogen-bond donors (Lipinski definition) is 3. The second kappa shape index (κ2) is 14.7. The molecule has 202 valence electrons. The minimum Gasteiger partial charge on any atom is -0.385 e. The van der Waals surface area contributed by atoms with Gasteiger partial charge in [0.2, 0.25) is 0 Å². The maximum atomic E-state index is 13.4. The fourth-order valence-corrected chi connectivity index (χ4v) is 4.62. The normalized spacial score (nSPS) is 13.4. The summed E-state index contributed by atoms with van der Waals surface area (Å²) in [6.45, 7) is 6.81. The molecule has 0 aliphatic rings. The van der Waals surface area contributed by atoms with Crippen molar-refractivity contribution in [1.82, 2.24) is 10.3 Å². The second-order valence-electron chi connectivity index (χ2n) is 9.98. The van der Waals surface area contributed by atoms with Gasteiger partial charge in [-0.1, -0.05) is 32.0 Å². The van der Waals surface area contributed by atoms with Crippen molar-refractivity contribution in [2.75, 3.05) is 11.9 Å². The van der Waals surface area contributed by atoms with E-state index in [-0.39, 0.29) is 23.9 Å². The van der Waals surface area contributed by atoms with E-state index < -0.39 is 6.04 Å². The van der Waals surface area contributed by atoms with Gasteiger partial charge < -0.3 is 10.6 Å². The van der Waals surface area contributed by atoms with Crippen molar-refractivity contribution in [2.24, 2.45) is 5.92 Å². The van der Waals surface area contributed by atoms with E-state index in [9.17, 15) is 14.0 Å². The number of aryl methyl sites for hydroxylation is 2. The molecule has 0 fully saturated rings. The summed E-state index contributed by atoms with van der Waals surface area (Å²) in [6, 6.07) is 15.2. The lowest BCUT2D eigenvalue weighted by molar-refractivity contribution is -0.119. The summed E-state index contributed by atoms with van der Waals surface area (Å²) in [5.74, 6) is -0.198. The van der Waals surface area contributed by atoms with Gasteiger partial charge in [-0.2, -0.15) is 12.6 Å². The van der Waals surface area contributed by atoms with Crippen LogP contribution < -0.4 is 10.6 Å². The van der Waals surface area contributed by atoms with Gasteiger partial charge in [0.25, 0.3) is 5.91 Å². The number of halogens is 1. The first-order valence-electron chi connectivity index (χ1n) is 13.3. The van der Waals surface area contributed by atoms with Crippen LogP contribution >= 0.6 is 12.6 Å². The average Bonchev–Trinajstić information content (AvgIpc) is 2.92. The SMILES string of the molecule is CCC(S)CC(C)CNc1ccc(CCc2ccc(F)cc2)c(C(=O)NC(C)C(=O)Cc2ccncc2)c1. The molecule has 0 saturated heterocycles. The van der Waals surface area contributed by atoms with Crippen LogP contribution in [0.2, 0.25) is 0 Å². The second-order valence-corrected chi connectivity index (χ2v) is 10.7. The van der Waals surface area contributed by atoms with Crippen molar-refractivity contribution >= 4 is 30.0 Å². The fraction of sp³-hybridized carbons (Fsp3) is 0.387. The Morgan fingerprint density at radius 3 is 2.37 bits per heavy atom. The molecular formula is C31H38FN3O2S. The lowest BCUT2D eigenvalue weighted by Crippen LogP contribution is -2.39. The number of nitrogens with one attached hydrogen (secondary N) is 2. The number of carbonyl (C=O) groups excluding carboxylic acids is 2. The predicted octanol–water partition coefficient (Wildman–Crippen LogP) is 6.08. The molecule has 3 unspecified atom stereocenters. The monoisotopic (exact) mass is 535 g/mol. The van der Waals surface area contributed by atoms with Gasteiger partial charge in [-0.15, -0.1) is 0 Å². The molecule has 2 N–H and O–H groups in total. The molecule has 0 saturated carbocycles. The van der Waals surface area contributed by atoms with Crippen LogP contribution in [0.1, 0.15) is 60.7 Å². The number of ketones is 1. The summed E-state index contributed by atoms with van der Waals surface area (Å²) >= 11 is 4.61. The number of thiol groups is 1. The van der Waals surface area contributed by atoms with Crippen LogP contribution in [-0.4, -0.2) is 34.5 Å². The lowest BCUT2D eigenvalue weighted by atomic mass is 9.97. The number of carbonyl (C=O) groups is 2. The van der Waals surface area contributed by atoms with Gasteiger partial charge in [-0.3, -0.25) is 14.6 Å². The van der Waals surface area contributed by atoms with Crippen LogP contribution in [-0.2, 0) is 24.1 Å². The molecule has 0 aliphatic heterocycles. The molecule has 0 spiro atoms. The first kappa shape index (κ1) is 29.4. The zero-order valence-electron chi connectivity index (χ0n) is 22.4. The third-order valence-electron chi connectivity index (χ3n) is 6.71. The van der Waals surface area contributed by atoms with Gasteiger partial charge in [-0.25, -0.2) is 4.39 Å². The molecule has 7 heteroatoms. The van der Waals surface area contributed by atoms with Crippen molar-refractivity contribution in [3.8, 4) is 0 Å². The minimum absolute atomic E-state index is 0.0715. The van der Waals surface area contributed by atoms with Gasteiger partial charge in [-0.05, 0) is 91.6 Å². The van der Waals surface area contributed by atoms with Gasteiger partial charge >= 0.3 is 0 Å². The Balaban J connectivity index is 1.73. The van der Waals surface area contributed by atoms with Crippen molar-refractivity contribution in [2.45, 2.75) is 64.2 Å². The third kappa shape index (κ3) is 9.28. The molecular weight excluding hydrogens is 497 g/mol. The molecule has 1 aromatic heterocycles. The number of pyridine rings is 1. The Morgan fingerprint density at radius 1 is 0.974 bits per heavy atom. The van der Waals surface area contributed by atoms with Crippen LogP contribution in [0, 0.1) is 11.7 Å². The number of nitrogens with zero attached hydrogens (tertiary/aromatic N) is 1. The Labute approximate surface area is 231 Å². The highest BCUT2D eigenvalue weighted by Crippen LogP contribution is 2.21. The standard InChI is InChI=1S/C31H38FN3O2S/c1-4-28(38)17-21(2)20-34-27-12-9-25(8-5-23-6-10-26(32)11-7-23)29(19-27)31(37)35-22(3)30(36)18-24-13-15-33-16-14-24/h6-7,9-16,19,21-22,28,34,38H,4-5,8,17-18,20H2,1-3H3,(H,35,37). The molecule has 1 amide bonds. The highest BCUT2D eigenvalue weighted by Gasteiger charge is 2.20. The Bertz CT molecular complexity index is 1190. The Hall–Kier alpha value is -3.19. The molecule has 0 radical (unpaired) electrons. The van der Waals surface area contributed by atoms with Crippen LogP contribution in [0.3, 0.4) is 0 Å². The van der Waals surface area contributed by atoms with Gasteiger partial charge in [0.05, 0.1) is 6.04 Å². The smallest absolute Gasteiger partial charge is 0.252 e. The summed E-state index contributed by atoms with van der Waals surface area (Å²) in [5.41, 5.74) is 4.12. The number of amides is 1. The highest BCUT2D eigenvalue weighted by molar-refractivity contribution is 7.80. The molecule has 3 atom stereocenters. The largest absolute Gasteiger partial charge is 0.385 e. The van der Waals surface area contributed by atoms with E-state index in [1.54, 1.807) is 43.6 Å². The van der Waals surface area contributed by atoms with E-state index >= 15 is 0 Å². The molecule has 0 bridgehead atoms. The molecule has 0 aliphatic carbocycles. The maximum Gasteiger partial charge on any atom is 0.252 e. The van der Waals surface area contributed by atoms with E-state index in [0.717, 1.165) is 41.8 Å². The summed E-state index contributed by atoms with van der Waals surface area (Å²) < 4.78 is 13.3. The van der Waals surface area contributed by atoms with Crippen LogP contribution in [0.5, 0.6) is 0 Å². The molecule has 5 nitrogen and oxygen atoms in total. The maximum absolute atomic E-state index is 13.4. The number of Topliss-reactive ketones (excluding diaryl/α,β-unsaturated/α-hetero) is 1. The first-order valence-corrected chi connectivity index (χ1v) is 13.8. The van der Waals surface area contributed by atoms with E-state index in [1.165, 1.54) is 12.1 Å². The highest BCUT2D eigenvalue weighted by atomic mass is 32.1. The van der Waals surface area contributed by atoms with E-state index in [1.807, 2.05) is 18.2 Å². The summed E-state index contributed by atoms with van der Waals surface area (Å²) in [6.07, 6.45) is 6.84. The summed E-state index contributed by atoms with van der Waals surface area (Å²) in [4.78, 5) is 30.2. The molecule has 2 aromatic carbocycles. The Kier molecular flexibility index (Phi) is 11.3. The van der Waals surface area contributed by atoms with E-state index in [0.29, 0.717) is 29.6 Å². The van der Waals surface area contributed by atoms with Crippen LogP contribution in [0.15, 0.2) is 67.0 Å². The summed E-state index contributed by atoms with van der Waals surface area (Å²) in [7, 11) is 0. The van der Waals surface area contributed by atoms with Crippen molar-refractivity contribution in [3.05, 3.63) is 95.1 Å². The first-order chi connectivity index (χ1) is 18.2. The third-order valence-corrected chi connectivity index (χ3v) is 7.29. The number of benzene rings is 2. The van der Waals surface area contributed by atoms with Gasteiger partial charge in [0.1, 0.15) is 5.82 Å². The van der Waals surface area contributed by atoms with Crippen LogP contribution in [0.25, 0.3) is 0 Å². The van der Waals surface area contributed by atoms with Crippen molar-refractivity contribution in [1.29, 1.82) is 0 Å². The molecule has 3 aromatic rings. The topological polar surface area (TPSA) is 71.1 Å². The van der Waals surface area contributed by atoms with E-state index in [2.05, 4.69) is 42.1 Å². The van der Waals surface area contributed by atoms with Crippen molar-refractivity contribution in [3.63, 3.8) is 0 Å². The van der Waals surface area contributed by atoms with Crippen LogP contribution in [0.4, 0.5) is 10.1 Å². The van der Waals surface area contributed by atoms with Crippen molar-refractivity contribution < 1.29 is 14.0 Å². The number of rotatable bonds is 14. The van der Waals surface area contributed by atoms with Gasteiger partial charge in [0.15, 0.2) is 5.78 Å². The average molecular weight is 536 g/mol. The Morgan fingerprint density at radius 2 is 1.68 bits per heavy atom. The van der Waals surface area contributed by atoms with Gasteiger partial charge in [0, 0.05) is 41.9 Å². The fourth-order valence-electron chi connectivity index (χ4n) is 4.26. The molecule has 3 rings (SSSR count). The number of anilines is 1. The zero-order chi connectivity index (χ0) is 27.5. The lowest BCUT2D eigenvalue weighted by Gasteiger charge is -2.19. The summed E-state index contributed by atoms with van der Waals surface area (Å²) in [5, 5.41) is 6.72. The zero-order valence-corrected chi connectivity index (χ0v) is 23.3. The molecule has 1 heterocycles.